The zero-order valence-corrected chi connectivity index (χ0v) is 7.00. The highest BCUT2D eigenvalue weighted by Gasteiger charge is 1.94. The molecule has 0 atom stereocenters. The summed E-state index contributed by atoms with van der Waals surface area (Å²) in [5.74, 6) is 0.764. The van der Waals surface area contributed by atoms with E-state index in [1.807, 2.05) is 20.8 Å². The van der Waals surface area contributed by atoms with Crippen LogP contribution in [0.15, 0.2) is 17.5 Å². The first kappa shape index (κ1) is 7.85. The van der Waals surface area contributed by atoms with Gasteiger partial charge in [0.05, 0.1) is 0 Å². The maximum absolute atomic E-state index is 4.22. The van der Waals surface area contributed by atoms with Gasteiger partial charge < -0.3 is 0 Å². The Bertz CT molecular complexity index is 274. The van der Waals surface area contributed by atoms with Crippen molar-refractivity contribution in [3.63, 3.8) is 0 Å². The average Bonchev–Trinajstić information content (AvgIpc) is 1.93. The van der Waals surface area contributed by atoms with Crippen molar-refractivity contribution in [1.29, 1.82) is 0 Å². The molecule has 1 heterocycles. The van der Waals surface area contributed by atoms with Gasteiger partial charge in [-0.15, -0.1) is 0 Å². The molecule has 0 aliphatic carbocycles. The molecule has 0 aliphatic heterocycles. The van der Waals surface area contributed by atoms with E-state index in [9.17, 15) is 0 Å². The number of aliphatic imine (C=N–C) groups is 1. The Morgan fingerprint density at radius 2 is 2.18 bits per heavy atom. The normalized spacial score (nSPS) is 9.36. The van der Waals surface area contributed by atoms with Gasteiger partial charge in [0, 0.05) is 17.5 Å². The highest BCUT2D eigenvalue weighted by Crippen LogP contribution is 2.11. The molecule has 1 aromatic heterocycles. The van der Waals surface area contributed by atoms with E-state index in [1.165, 1.54) is 6.33 Å². The smallest absolute Gasteiger partial charge is 0.157 e. The molecule has 0 saturated carbocycles. The highest BCUT2D eigenvalue weighted by atomic mass is 14.9. The number of hydrogen-bond acceptors (Lipinski definition) is 3. The summed E-state index contributed by atoms with van der Waals surface area (Å²) in [6, 6.07) is 0. The van der Waals surface area contributed by atoms with Crippen molar-refractivity contribution >= 4 is 11.5 Å². The first-order valence-electron chi connectivity index (χ1n) is 3.48. The number of aromatic nitrogens is 2. The van der Waals surface area contributed by atoms with Gasteiger partial charge >= 0.3 is 0 Å². The quantitative estimate of drug-likeness (QED) is 0.572. The van der Waals surface area contributed by atoms with Crippen molar-refractivity contribution in [3.8, 4) is 0 Å². The van der Waals surface area contributed by atoms with Crippen LogP contribution in [0.25, 0.3) is 0 Å². The summed E-state index contributed by atoms with van der Waals surface area (Å²) in [5, 5.41) is 0. The van der Waals surface area contributed by atoms with E-state index >= 15 is 0 Å². The van der Waals surface area contributed by atoms with Gasteiger partial charge in [-0.05, 0) is 20.8 Å². The fourth-order valence-electron chi connectivity index (χ4n) is 0.722. The Hall–Kier alpha value is -1.25. The largest absolute Gasteiger partial charge is 0.244 e. The van der Waals surface area contributed by atoms with Crippen molar-refractivity contribution in [3.05, 3.63) is 18.1 Å². The molecule has 11 heavy (non-hydrogen) atoms. The Kier molecular flexibility index (Phi) is 2.31. The third-order valence-corrected chi connectivity index (χ3v) is 1.20. The molecule has 0 unspecified atom stereocenters. The Labute approximate surface area is 66.2 Å². The topological polar surface area (TPSA) is 38.1 Å². The van der Waals surface area contributed by atoms with Gasteiger partial charge in [0.1, 0.15) is 6.33 Å². The molecular weight excluding hydrogens is 138 g/mol. The molecule has 0 spiro atoms. The second-order valence-electron chi connectivity index (χ2n) is 2.59. The number of hydrogen-bond donors (Lipinski definition) is 0. The van der Waals surface area contributed by atoms with E-state index in [0.717, 1.165) is 17.1 Å². The average molecular weight is 149 g/mol. The van der Waals surface area contributed by atoms with Crippen molar-refractivity contribution in [2.75, 3.05) is 0 Å². The molecule has 0 fully saturated rings. The lowest BCUT2D eigenvalue weighted by Crippen LogP contribution is -1.85. The first-order valence-corrected chi connectivity index (χ1v) is 3.48. The lowest BCUT2D eigenvalue weighted by molar-refractivity contribution is 1.11. The summed E-state index contributed by atoms with van der Waals surface area (Å²) in [6.07, 6.45) is 3.27. The predicted octanol–water partition coefficient (Wildman–Crippen LogP) is 1.90. The SMILES string of the molecule is CC(C)=Nc1ncncc1C. The molecule has 0 bridgehead atoms. The zero-order chi connectivity index (χ0) is 8.27. The van der Waals surface area contributed by atoms with Gasteiger partial charge in [0.2, 0.25) is 0 Å². The number of rotatable bonds is 1. The van der Waals surface area contributed by atoms with Gasteiger partial charge in [-0.1, -0.05) is 0 Å². The molecule has 0 radical (unpaired) electrons. The monoisotopic (exact) mass is 149 g/mol. The maximum Gasteiger partial charge on any atom is 0.157 e. The van der Waals surface area contributed by atoms with Crippen molar-refractivity contribution < 1.29 is 0 Å². The van der Waals surface area contributed by atoms with Crippen LogP contribution in [0.2, 0.25) is 0 Å². The summed E-state index contributed by atoms with van der Waals surface area (Å²) >= 11 is 0. The highest BCUT2D eigenvalue weighted by molar-refractivity contribution is 5.81. The standard InChI is InChI=1S/C8H11N3/c1-6(2)11-8-7(3)4-9-5-10-8/h4-5H,1-3H3. The summed E-state index contributed by atoms with van der Waals surface area (Å²) in [4.78, 5) is 12.1. The van der Waals surface area contributed by atoms with E-state index in [1.54, 1.807) is 6.20 Å². The number of aryl methyl sites for hydroxylation is 1. The van der Waals surface area contributed by atoms with E-state index in [-0.39, 0.29) is 0 Å². The molecule has 58 valence electrons. The molecule has 0 N–H and O–H groups in total. The lowest BCUT2D eigenvalue weighted by Gasteiger charge is -1.96. The van der Waals surface area contributed by atoms with Crippen LogP contribution < -0.4 is 0 Å². The van der Waals surface area contributed by atoms with Crippen molar-refractivity contribution in [2.24, 2.45) is 4.99 Å². The summed E-state index contributed by atoms with van der Waals surface area (Å²) in [7, 11) is 0. The predicted molar refractivity (Wildman–Crippen MR) is 45.2 cm³/mol. The van der Waals surface area contributed by atoms with Crippen molar-refractivity contribution in [2.45, 2.75) is 20.8 Å². The van der Waals surface area contributed by atoms with Crippen LogP contribution in [0.1, 0.15) is 19.4 Å². The van der Waals surface area contributed by atoms with Crippen LogP contribution in [-0.4, -0.2) is 15.7 Å². The Morgan fingerprint density at radius 1 is 1.45 bits per heavy atom. The van der Waals surface area contributed by atoms with E-state index in [2.05, 4.69) is 15.0 Å². The third-order valence-electron chi connectivity index (χ3n) is 1.20. The minimum absolute atomic E-state index is 0.764. The summed E-state index contributed by atoms with van der Waals surface area (Å²) in [5.41, 5.74) is 2.01. The number of nitrogens with zero attached hydrogens (tertiary/aromatic N) is 3. The van der Waals surface area contributed by atoms with Crippen LogP contribution in [0.4, 0.5) is 5.82 Å². The van der Waals surface area contributed by atoms with E-state index in [0.29, 0.717) is 0 Å². The van der Waals surface area contributed by atoms with Crippen LogP contribution in [-0.2, 0) is 0 Å². The molecule has 1 rings (SSSR count). The second kappa shape index (κ2) is 3.23. The van der Waals surface area contributed by atoms with E-state index < -0.39 is 0 Å². The molecular formula is C8H11N3. The Morgan fingerprint density at radius 3 is 2.73 bits per heavy atom. The van der Waals surface area contributed by atoms with Gasteiger partial charge in [0.25, 0.3) is 0 Å². The van der Waals surface area contributed by atoms with Crippen molar-refractivity contribution in [1.82, 2.24) is 9.97 Å². The van der Waals surface area contributed by atoms with Crippen LogP contribution in [0.3, 0.4) is 0 Å². The zero-order valence-electron chi connectivity index (χ0n) is 7.00. The van der Waals surface area contributed by atoms with Crippen LogP contribution in [0.5, 0.6) is 0 Å². The minimum atomic E-state index is 0.764. The minimum Gasteiger partial charge on any atom is -0.244 e. The Balaban J connectivity index is 3.04. The van der Waals surface area contributed by atoms with Gasteiger partial charge in [-0.2, -0.15) is 0 Å². The first-order chi connectivity index (χ1) is 5.20. The molecule has 0 aliphatic rings. The van der Waals surface area contributed by atoms with E-state index in [4.69, 9.17) is 0 Å². The summed E-state index contributed by atoms with van der Waals surface area (Å²) < 4.78 is 0. The van der Waals surface area contributed by atoms with Crippen LogP contribution >= 0.6 is 0 Å². The van der Waals surface area contributed by atoms with Gasteiger partial charge in [-0.25, -0.2) is 15.0 Å². The molecule has 1 aromatic rings. The second-order valence-corrected chi connectivity index (χ2v) is 2.59. The van der Waals surface area contributed by atoms with Gasteiger partial charge in [0.15, 0.2) is 5.82 Å². The molecule has 0 aromatic carbocycles. The fourth-order valence-corrected chi connectivity index (χ4v) is 0.722. The maximum atomic E-state index is 4.22. The molecule has 0 amide bonds. The van der Waals surface area contributed by atoms with Crippen LogP contribution in [0, 0.1) is 6.92 Å². The third kappa shape index (κ3) is 2.11. The lowest BCUT2D eigenvalue weighted by atomic mass is 10.3. The summed E-state index contributed by atoms with van der Waals surface area (Å²) in [6.45, 7) is 5.84. The van der Waals surface area contributed by atoms with Gasteiger partial charge in [-0.3, -0.25) is 0 Å². The fraction of sp³-hybridized carbons (Fsp3) is 0.375. The molecule has 3 nitrogen and oxygen atoms in total. The molecule has 3 heteroatoms. The molecule has 0 saturated heterocycles.